The number of anilines is 1. The molecule has 4 heteroatoms. The second-order valence-electron chi connectivity index (χ2n) is 5.62. The molecule has 3 rings (SSSR count). The van der Waals surface area contributed by atoms with Gasteiger partial charge in [-0.05, 0) is 35.9 Å². The molecule has 0 unspecified atom stereocenters. The summed E-state index contributed by atoms with van der Waals surface area (Å²) in [6, 6.07) is 21.3. The smallest absolute Gasteiger partial charge is 0.258 e. The highest BCUT2D eigenvalue weighted by Gasteiger charge is 2.12. The second-order valence-corrected chi connectivity index (χ2v) is 5.62. The van der Waals surface area contributed by atoms with Crippen LogP contribution in [0.15, 0.2) is 72.8 Å². The van der Waals surface area contributed by atoms with Crippen molar-refractivity contribution in [3.63, 3.8) is 0 Å². The third-order valence-electron chi connectivity index (χ3n) is 3.89. The minimum Gasteiger partial charge on any atom is -0.496 e. The van der Waals surface area contributed by atoms with Gasteiger partial charge in [0.15, 0.2) is 0 Å². The van der Waals surface area contributed by atoms with Gasteiger partial charge < -0.3 is 10.1 Å². The number of amides is 1. The van der Waals surface area contributed by atoms with Gasteiger partial charge in [0.1, 0.15) is 11.6 Å². The van der Waals surface area contributed by atoms with Crippen LogP contribution in [0.3, 0.4) is 0 Å². The highest BCUT2D eigenvalue weighted by atomic mass is 19.1. The predicted molar refractivity (Wildman–Crippen MR) is 96.6 cm³/mol. The van der Waals surface area contributed by atoms with Gasteiger partial charge in [-0.25, -0.2) is 4.39 Å². The molecule has 0 saturated carbocycles. The van der Waals surface area contributed by atoms with Crippen molar-refractivity contribution in [1.29, 1.82) is 0 Å². The Labute approximate surface area is 146 Å². The monoisotopic (exact) mass is 335 g/mol. The van der Waals surface area contributed by atoms with Gasteiger partial charge in [0.25, 0.3) is 5.91 Å². The van der Waals surface area contributed by atoms with Crippen molar-refractivity contribution in [2.24, 2.45) is 0 Å². The van der Waals surface area contributed by atoms with E-state index in [0.29, 0.717) is 12.1 Å². The highest BCUT2D eigenvalue weighted by Crippen LogP contribution is 2.25. The van der Waals surface area contributed by atoms with Crippen LogP contribution in [-0.2, 0) is 6.42 Å². The van der Waals surface area contributed by atoms with Crippen LogP contribution >= 0.6 is 0 Å². The van der Waals surface area contributed by atoms with Crippen LogP contribution in [-0.4, -0.2) is 13.0 Å². The van der Waals surface area contributed by atoms with Crippen LogP contribution in [0, 0.1) is 5.82 Å². The molecular weight excluding hydrogens is 317 g/mol. The lowest BCUT2D eigenvalue weighted by Crippen LogP contribution is -2.13. The van der Waals surface area contributed by atoms with E-state index in [2.05, 4.69) is 5.32 Å². The van der Waals surface area contributed by atoms with Crippen LogP contribution in [0.1, 0.15) is 21.5 Å². The van der Waals surface area contributed by atoms with Gasteiger partial charge in [0, 0.05) is 17.7 Å². The first-order chi connectivity index (χ1) is 12.2. The van der Waals surface area contributed by atoms with E-state index in [9.17, 15) is 9.18 Å². The molecular formula is C21H18FNO2. The molecule has 1 amide bonds. The summed E-state index contributed by atoms with van der Waals surface area (Å²) >= 11 is 0. The molecule has 3 nitrogen and oxygen atoms in total. The fourth-order valence-corrected chi connectivity index (χ4v) is 2.65. The Morgan fingerprint density at radius 2 is 1.72 bits per heavy atom. The van der Waals surface area contributed by atoms with Crippen molar-refractivity contribution < 1.29 is 13.9 Å². The first-order valence-corrected chi connectivity index (χ1v) is 7.94. The summed E-state index contributed by atoms with van der Waals surface area (Å²) in [4.78, 5) is 12.3. The average Bonchev–Trinajstić information content (AvgIpc) is 2.63. The number of halogens is 1. The normalized spacial score (nSPS) is 10.3. The standard InChI is InChI=1S/C21H18FNO2/c1-25-20-12-11-17(14-16(20)13-15-7-3-2-4-8-15)23-21(24)18-9-5-6-10-19(18)22/h2-12,14H,13H2,1H3,(H,23,24). The number of ether oxygens (including phenoxy) is 1. The minimum absolute atomic E-state index is 0.0166. The summed E-state index contributed by atoms with van der Waals surface area (Å²) in [5.74, 6) is -0.278. The predicted octanol–water partition coefficient (Wildman–Crippen LogP) is 4.68. The zero-order valence-corrected chi connectivity index (χ0v) is 13.8. The van der Waals surface area contributed by atoms with Crippen molar-refractivity contribution in [2.75, 3.05) is 12.4 Å². The van der Waals surface area contributed by atoms with E-state index < -0.39 is 11.7 Å². The molecule has 3 aromatic rings. The molecule has 0 radical (unpaired) electrons. The third kappa shape index (κ3) is 4.04. The van der Waals surface area contributed by atoms with E-state index in [0.717, 1.165) is 16.9 Å². The quantitative estimate of drug-likeness (QED) is 0.735. The van der Waals surface area contributed by atoms with Gasteiger partial charge in [0.2, 0.25) is 0 Å². The summed E-state index contributed by atoms with van der Waals surface area (Å²) in [6.45, 7) is 0. The Balaban J connectivity index is 1.84. The Morgan fingerprint density at radius 1 is 1.00 bits per heavy atom. The number of nitrogens with one attached hydrogen (secondary N) is 1. The van der Waals surface area contributed by atoms with Gasteiger partial charge in [-0.15, -0.1) is 0 Å². The molecule has 0 aromatic heterocycles. The van der Waals surface area contributed by atoms with Crippen molar-refractivity contribution in [2.45, 2.75) is 6.42 Å². The van der Waals surface area contributed by atoms with Gasteiger partial charge in [0.05, 0.1) is 12.7 Å². The first kappa shape index (κ1) is 16.7. The molecule has 0 saturated heterocycles. The number of carbonyl (C=O) groups is 1. The van der Waals surface area contributed by atoms with Gasteiger partial charge in [-0.3, -0.25) is 4.79 Å². The maximum atomic E-state index is 13.7. The van der Waals surface area contributed by atoms with Gasteiger partial charge in [-0.1, -0.05) is 42.5 Å². The van der Waals surface area contributed by atoms with E-state index in [-0.39, 0.29) is 5.56 Å². The lowest BCUT2D eigenvalue weighted by molar-refractivity contribution is 0.102. The number of benzene rings is 3. The summed E-state index contributed by atoms with van der Waals surface area (Å²) < 4.78 is 19.2. The summed E-state index contributed by atoms with van der Waals surface area (Å²) in [5.41, 5.74) is 2.70. The molecule has 0 fully saturated rings. The molecule has 0 heterocycles. The molecule has 0 spiro atoms. The van der Waals surface area contributed by atoms with Gasteiger partial charge >= 0.3 is 0 Å². The fourth-order valence-electron chi connectivity index (χ4n) is 2.65. The zero-order chi connectivity index (χ0) is 17.6. The van der Waals surface area contributed by atoms with Crippen molar-refractivity contribution in [1.82, 2.24) is 0 Å². The van der Waals surface area contributed by atoms with Crippen LogP contribution in [0.4, 0.5) is 10.1 Å². The molecule has 126 valence electrons. The Kier molecular flexibility index (Phi) is 5.09. The molecule has 1 N–H and O–H groups in total. The van der Waals surface area contributed by atoms with E-state index in [1.807, 2.05) is 36.4 Å². The summed E-state index contributed by atoms with van der Waals surface area (Å²) in [6.07, 6.45) is 0.674. The summed E-state index contributed by atoms with van der Waals surface area (Å²) in [7, 11) is 1.61. The Morgan fingerprint density at radius 3 is 2.44 bits per heavy atom. The van der Waals surface area contributed by atoms with Crippen LogP contribution in [0.25, 0.3) is 0 Å². The topological polar surface area (TPSA) is 38.3 Å². The van der Waals surface area contributed by atoms with E-state index >= 15 is 0 Å². The molecule has 0 aliphatic heterocycles. The lowest BCUT2D eigenvalue weighted by Gasteiger charge is -2.12. The number of rotatable bonds is 5. The van der Waals surface area contributed by atoms with E-state index in [1.54, 1.807) is 31.4 Å². The maximum absolute atomic E-state index is 13.7. The third-order valence-corrected chi connectivity index (χ3v) is 3.89. The average molecular weight is 335 g/mol. The first-order valence-electron chi connectivity index (χ1n) is 7.94. The number of carbonyl (C=O) groups excluding carboxylic acids is 1. The minimum atomic E-state index is -0.543. The number of hydrogen-bond donors (Lipinski definition) is 1. The van der Waals surface area contributed by atoms with E-state index in [4.69, 9.17) is 4.74 Å². The van der Waals surface area contributed by atoms with Crippen LogP contribution < -0.4 is 10.1 Å². The fraction of sp³-hybridized carbons (Fsp3) is 0.0952. The number of hydrogen-bond acceptors (Lipinski definition) is 2. The van der Waals surface area contributed by atoms with Crippen molar-refractivity contribution in [3.8, 4) is 5.75 Å². The van der Waals surface area contributed by atoms with Crippen LogP contribution in [0.5, 0.6) is 5.75 Å². The lowest BCUT2D eigenvalue weighted by atomic mass is 10.0. The van der Waals surface area contributed by atoms with E-state index in [1.165, 1.54) is 12.1 Å². The molecule has 0 aliphatic carbocycles. The van der Waals surface area contributed by atoms with Crippen molar-refractivity contribution >= 4 is 11.6 Å². The van der Waals surface area contributed by atoms with Crippen LogP contribution in [0.2, 0.25) is 0 Å². The highest BCUT2D eigenvalue weighted by molar-refractivity contribution is 6.04. The maximum Gasteiger partial charge on any atom is 0.258 e. The Hall–Kier alpha value is -3.14. The zero-order valence-electron chi connectivity index (χ0n) is 13.8. The van der Waals surface area contributed by atoms with Gasteiger partial charge in [-0.2, -0.15) is 0 Å². The second kappa shape index (κ2) is 7.62. The summed E-state index contributed by atoms with van der Waals surface area (Å²) in [5, 5.41) is 2.74. The largest absolute Gasteiger partial charge is 0.496 e. The number of methoxy groups -OCH3 is 1. The SMILES string of the molecule is COc1ccc(NC(=O)c2ccccc2F)cc1Cc1ccccc1. The Bertz CT molecular complexity index is 878. The molecule has 0 aliphatic rings. The molecule has 0 atom stereocenters. The molecule has 0 bridgehead atoms. The van der Waals surface area contributed by atoms with Crippen molar-refractivity contribution in [3.05, 3.63) is 95.3 Å². The molecule has 25 heavy (non-hydrogen) atoms. The molecule has 3 aromatic carbocycles.